The summed E-state index contributed by atoms with van der Waals surface area (Å²) in [7, 11) is 2.21. The number of aryl methyl sites for hydroxylation is 1. The normalized spacial score (nSPS) is 18.9. The van der Waals surface area contributed by atoms with Gasteiger partial charge < -0.3 is 9.32 Å². The highest BCUT2D eigenvalue weighted by Crippen LogP contribution is 2.40. The predicted octanol–water partition coefficient (Wildman–Crippen LogP) is 3.50. The van der Waals surface area contributed by atoms with Crippen molar-refractivity contribution in [2.24, 2.45) is 0 Å². The highest BCUT2D eigenvalue weighted by molar-refractivity contribution is 5.73. The Morgan fingerprint density at radius 3 is 2.82 bits per heavy atom. The first-order valence-corrected chi connectivity index (χ1v) is 6.39. The SMILES string of the molecule is Cc1cc2coccc-2c1C1CCN(C)CC1. The van der Waals surface area contributed by atoms with E-state index < -0.39 is 0 Å². The maximum atomic E-state index is 5.25. The lowest BCUT2D eigenvalue weighted by Gasteiger charge is -2.30. The number of fused-ring (bicyclic) bond motifs is 1. The molecule has 1 saturated heterocycles. The van der Waals surface area contributed by atoms with Crippen LogP contribution in [-0.4, -0.2) is 25.0 Å². The van der Waals surface area contributed by atoms with Crippen molar-refractivity contribution in [2.75, 3.05) is 20.1 Å². The van der Waals surface area contributed by atoms with E-state index in [1.165, 1.54) is 42.6 Å². The Kier molecular flexibility index (Phi) is 2.67. The molecule has 0 bridgehead atoms. The largest absolute Gasteiger partial charge is 0.472 e. The molecule has 1 fully saturated rings. The van der Waals surface area contributed by atoms with E-state index in [-0.39, 0.29) is 0 Å². The maximum Gasteiger partial charge on any atom is 0.0980 e. The first-order chi connectivity index (χ1) is 8.25. The average Bonchev–Trinajstić information content (AvgIpc) is 2.66. The van der Waals surface area contributed by atoms with Gasteiger partial charge in [0.15, 0.2) is 0 Å². The smallest absolute Gasteiger partial charge is 0.0980 e. The molecule has 3 rings (SSSR count). The van der Waals surface area contributed by atoms with Crippen LogP contribution in [0.15, 0.2) is 29.1 Å². The van der Waals surface area contributed by atoms with Crippen LogP contribution in [0.4, 0.5) is 0 Å². The van der Waals surface area contributed by atoms with E-state index in [1.54, 1.807) is 11.8 Å². The Hall–Kier alpha value is -1.28. The molecule has 0 aromatic heterocycles. The molecule has 17 heavy (non-hydrogen) atoms. The van der Waals surface area contributed by atoms with Crippen molar-refractivity contribution in [1.82, 2.24) is 4.90 Å². The highest BCUT2D eigenvalue weighted by atomic mass is 16.3. The fourth-order valence-corrected chi connectivity index (χ4v) is 3.10. The van der Waals surface area contributed by atoms with E-state index >= 15 is 0 Å². The minimum Gasteiger partial charge on any atom is -0.472 e. The van der Waals surface area contributed by atoms with E-state index in [2.05, 4.69) is 31.0 Å². The first-order valence-electron chi connectivity index (χ1n) is 6.39. The Morgan fingerprint density at radius 1 is 1.29 bits per heavy atom. The topological polar surface area (TPSA) is 16.4 Å². The zero-order chi connectivity index (χ0) is 11.8. The minimum atomic E-state index is 0.728. The van der Waals surface area contributed by atoms with Gasteiger partial charge in [-0.25, -0.2) is 0 Å². The van der Waals surface area contributed by atoms with Crippen molar-refractivity contribution in [3.8, 4) is 11.1 Å². The van der Waals surface area contributed by atoms with Crippen molar-refractivity contribution in [2.45, 2.75) is 25.7 Å². The van der Waals surface area contributed by atoms with Crippen molar-refractivity contribution in [1.29, 1.82) is 0 Å². The third-order valence-electron chi connectivity index (χ3n) is 4.03. The van der Waals surface area contributed by atoms with E-state index in [0.717, 1.165) is 5.92 Å². The van der Waals surface area contributed by atoms with Crippen molar-refractivity contribution < 1.29 is 4.42 Å². The lowest BCUT2D eigenvalue weighted by molar-refractivity contribution is 0.255. The van der Waals surface area contributed by atoms with E-state index in [4.69, 9.17) is 4.42 Å². The molecule has 2 heterocycles. The lowest BCUT2D eigenvalue weighted by atomic mass is 9.87. The number of hydrogen-bond donors (Lipinski definition) is 0. The van der Waals surface area contributed by atoms with Crippen LogP contribution in [0, 0.1) is 6.92 Å². The van der Waals surface area contributed by atoms with Crippen LogP contribution < -0.4 is 0 Å². The molecule has 2 heteroatoms. The molecule has 0 spiro atoms. The second-order valence-corrected chi connectivity index (χ2v) is 5.24. The molecule has 0 atom stereocenters. The number of nitrogens with zero attached hydrogens (tertiary/aromatic N) is 1. The molecule has 0 saturated carbocycles. The molecule has 0 aromatic carbocycles. The number of rotatable bonds is 1. The quantitative estimate of drug-likeness (QED) is 0.744. The van der Waals surface area contributed by atoms with Gasteiger partial charge >= 0.3 is 0 Å². The summed E-state index contributed by atoms with van der Waals surface area (Å²) in [5.41, 5.74) is 5.63. The Labute approximate surface area is 103 Å². The van der Waals surface area contributed by atoms with Gasteiger partial charge in [0.25, 0.3) is 0 Å². The molecule has 2 aliphatic heterocycles. The van der Waals surface area contributed by atoms with Crippen LogP contribution in [0.25, 0.3) is 11.1 Å². The molecule has 1 aliphatic carbocycles. The fraction of sp³-hybridized carbons (Fsp3) is 0.467. The molecule has 3 aliphatic rings. The third kappa shape index (κ3) is 1.87. The van der Waals surface area contributed by atoms with Crippen molar-refractivity contribution in [3.05, 3.63) is 35.8 Å². The van der Waals surface area contributed by atoms with Crippen molar-refractivity contribution in [3.63, 3.8) is 0 Å². The summed E-state index contributed by atoms with van der Waals surface area (Å²) in [6, 6.07) is 4.38. The minimum absolute atomic E-state index is 0.728. The molecule has 0 aromatic rings. The predicted molar refractivity (Wildman–Crippen MR) is 69.5 cm³/mol. The second-order valence-electron chi connectivity index (χ2n) is 5.24. The number of hydrogen-bond acceptors (Lipinski definition) is 2. The van der Waals surface area contributed by atoms with Gasteiger partial charge in [-0.2, -0.15) is 0 Å². The van der Waals surface area contributed by atoms with Gasteiger partial charge in [-0.3, -0.25) is 0 Å². The summed E-state index contributed by atoms with van der Waals surface area (Å²) in [4.78, 5) is 2.42. The summed E-state index contributed by atoms with van der Waals surface area (Å²) in [6.45, 7) is 4.66. The summed E-state index contributed by atoms with van der Waals surface area (Å²) >= 11 is 0. The summed E-state index contributed by atoms with van der Waals surface area (Å²) in [6.07, 6.45) is 6.21. The summed E-state index contributed by atoms with van der Waals surface area (Å²) < 4.78 is 5.25. The zero-order valence-electron chi connectivity index (χ0n) is 10.6. The van der Waals surface area contributed by atoms with Crippen LogP contribution in [0.3, 0.4) is 0 Å². The van der Waals surface area contributed by atoms with E-state index in [0.29, 0.717) is 0 Å². The fourth-order valence-electron chi connectivity index (χ4n) is 3.10. The Bertz CT molecular complexity index is 480. The standard InChI is InChI=1S/C15H19NO/c1-11-9-13-10-17-8-5-14(13)15(11)12-3-6-16(2)7-4-12/h5,8-10,12H,3-4,6-7H2,1-2H3. The number of likely N-dealkylation sites (tertiary alicyclic amines) is 1. The second kappa shape index (κ2) is 4.19. The van der Waals surface area contributed by atoms with Gasteiger partial charge in [0, 0.05) is 5.56 Å². The average molecular weight is 229 g/mol. The molecular weight excluding hydrogens is 210 g/mol. The molecule has 0 N–H and O–H groups in total. The molecular formula is C15H19NO. The van der Waals surface area contributed by atoms with Crippen LogP contribution >= 0.6 is 0 Å². The monoisotopic (exact) mass is 229 g/mol. The van der Waals surface area contributed by atoms with Gasteiger partial charge in [0.2, 0.25) is 0 Å². The van der Waals surface area contributed by atoms with Gasteiger partial charge in [0.1, 0.15) is 0 Å². The van der Waals surface area contributed by atoms with Gasteiger partial charge in [-0.05, 0) is 74.6 Å². The third-order valence-corrected chi connectivity index (χ3v) is 4.03. The lowest BCUT2D eigenvalue weighted by Crippen LogP contribution is -2.29. The van der Waals surface area contributed by atoms with Gasteiger partial charge in [-0.1, -0.05) is 0 Å². The van der Waals surface area contributed by atoms with Crippen molar-refractivity contribution >= 4 is 0 Å². The van der Waals surface area contributed by atoms with E-state index in [9.17, 15) is 0 Å². The van der Waals surface area contributed by atoms with Gasteiger partial charge in [-0.15, -0.1) is 0 Å². The summed E-state index contributed by atoms with van der Waals surface area (Å²) in [5, 5.41) is 0. The van der Waals surface area contributed by atoms with Crippen LogP contribution in [-0.2, 0) is 0 Å². The first kappa shape index (κ1) is 10.8. The van der Waals surface area contributed by atoms with Crippen LogP contribution in [0.2, 0.25) is 0 Å². The number of piperidine rings is 1. The molecule has 2 nitrogen and oxygen atoms in total. The van der Waals surface area contributed by atoms with E-state index in [1.807, 2.05) is 6.26 Å². The molecule has 90 valence electrons. The maximum absolute atomic E-state index is 5.25. The van der Waals surface area contributed by atoms with Gasteiger partial charge in [0.05, 0.1) is 12.5 Å². The Balaban J connectivity index is 1.97. The Morgan fingerprint density at radius 2 is 2.06 bits per heavy atom. The van der Waals surface area contributed by atoms with Crippen LogP contribution in [0.1, 0.15) is 29.9 Å². The molecule has 0 unspecified atom stereocenters. The zero-order valence-corrected chi connectivity index (χ0v) is 10.6. The highest BCUT2D eigenvalue weighted by Gasteiger charge is 2.24. The molecule has 0 radical (unpaired) electrons. The van der Waals surface area contributed by atoms with Crippen LogP contribution in [0.5, 0.6) is 0 Å². The molecule has 0 amide bonds. The summed E-state index contributed by atoms with van der Waals surface area (Å²) in [5.74, 6) is 0.728.